The Morgan fingerprint density at radius 2 is 1.82 bits per heavy atom. The lowest BCUT2D eigenvalue weighted by Crippen LogP contribution is -2.42. The molecule has 2 heterocycles. The molecule has 2 aromatic rings. The Bertz CT molecular complexity index is 775. The number of alkyl halides is 3. The van der Waals surface area contributed by atoms with Gasteiger partial charge in [0.15, 0.2) is 0 Å². The number of rotatable bonds is 6. The number of nitrogens with zero attached hydrogens (tertiary/aromatic N) is 2. The second-order valence-corrected chi connectivity index (χ2v) is 6.83. The van der Waals surface area contributed by atoms with Crippen LogP contribution >= 0.6 is 0 Å². The Labute approximate surface area is 162 Å². The van der Waals surface area contributed by atoms with Gasteiger partial charge in [-0.05, 0) is 36.8 Å². The quantitative estimate of drug-likeness (QED) is 0.786. The molecule has 1 atom stereocenters. The van der Waals surface area contributed by atoms with Crippen molar-refractivity contribution < 1.29 is 23.0 Å². The van der Waals surface area contributed by atoms with Crippen LogP contribution in [0.5, 0.6) is 5.75 Å². The maximum Gasteiger partial charge on any atom is 0.416 e. The van der Waals surface area contributed by atoms with E-state index in [1.807, 2.05) is 6.92 Å². The zero-order valence-corrected chi connectivity index (χ0v) is 15.7. The number of halogens is 3. The van der Waals surface area contributed by atoms with E-state index in [-0.39, 0.29) is 11.8 Å². The van der Waals surface area contributed by atoms with Crippen LogP contribution in [-0.2, 0) is 17.5 Å². The highest BCUT2D eigenvalue weighted by atomic mass is 19.4. The molecule has 0 amide bonds. The van der Waals surface area contributed by atoms with E-state index in [1.165, 1.54) is 12.1 Å². The molecule has 2 N–H and O–H groups in total. The summed E-state index contributed by atoms with van der Waals surface area (Å²) in [6.07, 6.45) is -4.35. The Morgan fingerprint density at radius 3 is 2.46 bits per heavy atom. The number of pyridine rings is 1. The number of nitrogens with one attached hydrogen (secondary N) is 1. The second kappa shape index (κ2) is 8.89. The minimum atomic E-state index is -4.35. The van der Waals surface area contributed by atoms with Crippen molar-refractivity contribution >= 4 is 0 Å². The molecule has 1 unspecified atom stereocenters. The molecule has 5 nitrogen and oxygen atoms in total. The number of aromatic hydroxyl groups is 1. The van der Waals surface area contributed by atoms with Crippen LogP contribution in [0.1, 0.15) is 28.6 Å². The number of benzene rings is 1. The maximum atomic E-state index is 12.9. The summed E-state index contributed by atoms with van der Waals surface area (Å²) in [7, 11) is 0. The molecule has 0 spiro atoms. The van der Waals surface area contributed by atoms with Crippen molar-refractivity contribution in [3.8, 4) is 5.75 Å². The lowest BCUT2D eigenvalue weighted by molar-refractivity contribution is -0.137. The molecule has 8 heteroatoms. The summed E-state index contributed by atoms with van der Waals surface area (Å²) in [5, 5.41) is 13.2. The first-order valence-corrected chi connectivity index (χ1v) is 9.20. The van der Waals surface area contributed by atoms with Crippen molar-refractivity contribution in [2.45, 2.75) is 25.7 Å². The van der Waals surface area contributed by atoms with Crippen LogP contribution in [-0.4, -0.2) is 47.8 Å². The summed E-state index contributed by atoms with van der Waals surface area (Å²) in [6, 6.07) is 8.55. The van der Waals surface area contributed by atoms with Gasteiger partial charge in [0.25, 0.3) is 0 Å². The van der Waals surface area contributed by atoms with E-state index in [1.54, 1.807) is 12.1 Å². The Morgan fingerprint density at radius 1 is 1.14 bits per heavy atom. The molecule has 0 aliphatic carbocycles. The molecule has 0 bridgehead atoms. The summed E-state index contributed by atoms with van der Waals surface area (Å²) < 4.78 is 44.0. The second-order valence-electron chi connectivity index (χ2n) is 6.83. The van der Waals surface area contributed by atoms with E-state index in [4.69, 9.17) is 4.74 Å². The Hall–Kier alpha value is -2.16. The number of hydrogen-bond donors (Lipinski definition) is 2. The predicted molar refractivity (Wildman–Crippen MR) is 98.9 cm³/mol. The third-order valence-corrected chi connectivity index (χ3v) is 4.83. The highest BCUT2D eigenvalue weighted by molar-refractivity contribution is 5.29. The summed E-state index contributed by atoms with van der Waals surface area (Å²) >= 11 is 0. The van der Waals surface area contributed by atoms with Crippen LogP contribution in [0.4, 0.5) is 13.2 Å². The molecule has 3 rings (SSSR count). The molecule has 0 radical (unpaired) electrons. The van der Waals surface area contributed by atoms with Gasteiger partial charge in [-0.25, -0.2) is 0 Å². The van der Waals surface area contributed by atoms with Crippen molar-refractivity contribution in [1.82, 2.24) is 15.2 Å². The SMILES string of the molecule is Cc1ccc(O)c(CNCC(c2ccc(C(F)(F)F)cc2)N2CCOCC2)n1. The molecule has 1 saturated heterocycles. The van der Waals surface area contributed by atoms with Crippen molar-refractivity contribution in [1.29, 1.82) is 0 Å². The first-order chi connectivity index (χ1) is 13.3. The largest absolute Gasteiger partial charge is 0.506 e. The van der Waals surface area contributed by atoms with Crippen LogP contribution in [0.3, 0.4) is 0 Å². The van der Waals surface area contributed by atoms with Gasteiger partial charge in [-0.2, -0.15) is 13.2 Å². The average molecular weight is 395 g/mol. The average Bonchev–Trinajstić information content (AvgIpc) is 2.68. The normalized spacial score (nSPS) is 16.9. The fraction of sp³-hybridized carbons (Fsp3) is 0.450. The van der Waals surface area contributed by atoms with Gasteiger partial charge in [-0.15, -0.1) is 0 Å². The summed E-state index contributed by atoms with van der Waals surface area (Å²) in [4.78, 5) is 6.52. The minimum absolute atomic E-state index is 0.0989. The Kier molecular flexibility index (Phi) is 6.53. The van der Waals surface area contributed by atoms with Gasteiger partial charge in [0.2, 0.25) is 0 Å². The molecular formula is C20H24F3N3O2. The summed E-state index contributed by atoms with van der Waals surface area (Å²) in [6.45, 7) is 5.34. The topological polar surface area (TPSA) is 57.6 Å². The van der Waals surface area contributed by atoms with Gasteiger partial charge in [-0.1, -0.05) is 12.1 Å². The molecule has 28 heavy (non-hydrogen) atoms. The van der Waals surface area contributed by atoms with E-state index in [0.717, 1.165) is 23.4 Å². The van der Waals surface area contributed by atoms with Crippen molar-refractivity contribution in [3.63, 3.8) is 0 Å². The molecule has 152 valence electrons. The zero-order chi connectivity index (χ0) is 20.1. The van der Waals surface area contributed by atoms with Gasteiger partial charge in [0, 0.05) is 37.9 Å². The number of morpholine rings is 1. The number of ether oxygens (including phenoxy) is 1. The molecule has 1 aromatic heterocycles. The van der Waals surface area contributed by atoms with Gasteiger partial charge >= 0.3 is 6.18 Å². The van der Waals surface area contributed by atoms with Gasteiger partial charge in [-0.3, -0.25) is 9.88 Å². The molecule has 1 fully saturated rings. The maximum absolute atomic E-state index is 12.9. The lowest BCUT2D eigenvalue weighted by atomic mass is 10.0. The Balaban J connectivity index is 1.72. The highest BCUT2D eigenvalue weighted by Gasteiger charge is 2.31. The monoisotopic (exact) mass is 395 g/mol. The number of aromatic nitrogens is 1. The molecular weight excluding hydrogens is 371 g/mol. The summed E-state index contributed by atoms with van der Waals surface area (Å²) in [5.74, 6) is 0.121. The third kappa shape index (κ3) is 5.21. The van der Waals surface area contributed by atoms with Crippen LogP contribution < -0.4 is 5.32 Å². The summed E-state index contributed by atoms with van der Waals surface area (Å²) in [5.41, 5.74) is 1.51. The predicted octanol–water partition coefficient (Wildman–Crippen LogP) is 3.28. The fourth-order valence-electron chi connectivity index (χ4n) is 3.30. The minimum Gasteiger partial charge on any atom is -0.506 e. The third-order valence-electron chi connectivity index (χ3n) is 4.83. The van der Waals surface area contributed by atoms with Crippen LogP contribution in [0, 0.1) is 6.92 Å². The van der Waals surface area contributed by atoms with Crippen LogP contribution in [0.15, 0.2) is 36.4 Å². The molecule has 1 aliphatic heterocycles. The van der Waals surface area contributed by atoms with Crippen molar-refractivity contribution in [2.75, 3.05) is 32.8 Å². The zero-order valence-electron chi connectivity index (χ0n) is 15.7. The van der Waals surface area contributed by atoms with Crippen LogP contribution in [0.2, 0.25) is 0 Å². The van der Waals surface area contributed by atoms with E-state index < -0.39 is 11.7 Å². The van der Waals surface area contributed by atoms with Crippen molar-refractivity contribution in [3.05, 3.63) is 58.9 Å². The van der Waals surface area contributed by atoms with E-state index in [9.17, 15) is 18.3 Å². The van der Waals surface area contributed by atoms with E-state index >= 15 is 0 Å². The van der Waals surface area contributed by atoms with E-state index in [0.29, 0.717) is 45.1 Å². The first-order valence-electron chi connectivity index (χ1n) is 9.20. The smallest absolute Gasteiger partial charge is 0.416 e. The fourth-order valence-corrected chi connectivity index (χ4v) is 3.30. The standard InChI is InChI=1S/C20H24F3N3O2/c1-14-2-7-19(27)17(25-14)12-24-13-18(26-8-10-28-11-9-26)15-3-5-16(6-4-15)20(21,22)23/h2-7,18,24,27H,8-13H2,1H3. The number of aryl methyl sites for hydroxylation is 1. The first kappa shape index (κ1) is 20.6. The van der Waals surface area contributed by atoms with E-state index in [2.05, 4.69) is 15.2 Å². The highest BCUT2D eigenvalue weighted by Crippen LogP contribution is 2.31. The molecule has 1 aliphatic rings. The molecule has 1 aromatic carbocycles. The molecule has 0 saturated carbocycles. The van der Waals surface area contributed by atoms with Gasteiger partial charge < -0.3 is 15.2 Å². The van der Waals surface area contributed by atoms with Gasteiger partial charge in [0.1, 0.15) is 5.75 Å². The van der Waals surface area contributed by atoms with Crippen LogP contribution in [0.25, 0.3) is 0 Å². The number of hydrogen-bond acceptors (Lipinski definition) is 5. The van der Waals surface area contributed by atoms with Gasteiger partial charge in [0.05, 0.1) is 24.5 Å². The van der Waals surface area contributed by atoms with Crippen molar-refractivity contribution in [2.24, 2.45) is 0 Å². The lowest BCUT2D eigenvalue weighted by Gasteiger charge is -2.35.